The summed E-state index contributed by atoms with van der Waals surface area (Å²) in [6.07, 6.45) is 0.869. The predicted octanol–water partition coefficient (Wildman–Crippen LogP) is 2.31. The fraction of sp³-hybridized carbons (Fsp3) is 0.222. The van der Waals surface area contributed by atoms with Crippen LogP contribution in [0, 0.1) is 6.92 Å². The van der Waals surface area contributed by atoms with E-state index in [-0.39, 0.29) is 18.4 Å². The Labute approximate surface area is 129 Å². The summed E-state index contributed by atoms with van der Waals surface area (Å²) in [5.74, 6) is -0.296. The number of hydrogen-bond acceptors (Lipinski definition) is 2. The van der Waals surface area contributed by atoms with Crippen molar-refractivity contribution in [1.82, 2.24) is 5.32 Å². The summed E-state index contributed by atoms with van der Waals surface area (Å²) >= 11 is 0. The van der Waals surface area contributed by atoms with Gasteiger partial charge in [0.1, 0.15) is 0 Å². The topological polar surface area (TPSA) is 49.4 Å². The Hall–Kier alpha value is -2.62. The Kier molecular flexibility index (Phi) is 3.92. The molecule has 3 rings (SSSR count). The van der Waals surface area contributed by atoms with Crippen LogP contribution in [0.5, 0.6) is 0 Å². The zero-order chi connectivity index (χ0) is 15.5. The molecule has 0 bridgehead atoms. The van der Waals surface area contributed by atoms with Crippen molar-refractivity contribution in [3.8, 4) is 0 Å². The molecule has 0 radical (unpaired) electrons. The Morgan fingerprint density at radius 1 is 1.14 bits per heavy atom. The van der Waals surface area contributed by atoms with E-state index in [1.54, 1.807) is 11.0 Å². The fourth-order valence-electron chi connectivity index (χ4n) is 2.74. The van der Waals surface area contributed by atoms with Gasteiger partial charge in [-0.2, -0.15) is 0 Å². The van der Waals surface area contributed by atoms with Crippen LogP contribution in [0.2, 0.25) is 0 Å². The second-order valence-electron chi connectivity index (χ2n) is 5.48. The lowest BCUT2D eigenvalue weighted by atomic mass is 10.1. The van der Waals surface area contributed by atoms with E-state index in [1.807, 2.05) is 49.4 Å². The van der Waals surface area contributed by atoms with Gasteiger partial charge in [0.2, 0.25) is 5.91 Å². The molecule has 0 atom stereocenters. The summed E-state index contributed by atoms with van der Waals surface area (Å²) in [6.45, 7) is 2.63. The molecule has 0 spiro atoms. The van der Waals surface area contributed by atoms with Gasteiger partial charge in [-0.15, -0.1) is 0 Å². The average molecular weight is 294 g/mol. The van der Waals surface area contributed by atoms with Gasteiger partial charge in [0, 0.05) is 17.8 Å². The average Bonchev–Trinajstić information content (AvgIpc) is 2.96. The first kappa shape index (κ1) is 14.3. The summed E-state index contributed by atoms with van der Waals surface area (Å²) < 4.78 is 0. The first-order valence-corrected chi connectivity index (χ1v) is 7.38. The molecule has 2 amide bonds. The normalized spacial score (nSPS) is 12.9. The number of nitrogens with one attached hydrogen (secondary N) is 1. The third kappa shape index (κ3) is 2.86. The summed E-state index contributed by atoms with van der Waals surface area (Å²) in [7, 11) is 0. The van der Waals surface area contributed by atoms with Crippen molar-refractivity contribution in [2.45, 2.75) is 13.3 Å². The Morgan fingerprint density at radius 3 is 2.77 bits per heavy atom. The molecule has 4 heteroatoms. The van der Waals surface area contributed by atoms with E-state index in [9.17, 15) is 9.59 Å². The number of anilines is 1. The van der Waals surface area contributed by atoms with Gasteiger partial charge in [0.15, 0.2) is 0 Å². The highest BCUT2D eigenvalue weighted by Crippen LogP contribution is 2.27. The van der Waals surface area contributed by atoms with Gasteiger partial charge in [-0.05, 0) is 37.1 Å². The molecule has 1 aliphatic heterocycles. The summed E-state index contributed by atoms with van der Waals surface area (Å²) in [4.78, 5) is 26.1. The SMILES string of the molecule is Cc1cccc(C(=O)NCC(=O)N2CCc3ccccc32)c1. The minimum Gasteiger partial charge on any atom is -0.343 e. The minimum atomic E-state index is -0.218. The Morgan fingerprint density at radius 2 is 1.95 bits per heavy atom. The zero-order valence-electron chi connectivity index (χ0n) is 12.5. The molecule has 1 heterocycles. The first-order chi connectivity index (χ1) is 10.6. The number of para-hydroxylation sites is 1. The second kappa shape index (κ2) is 6.02. The second-order valence-corrected chi connectivity index (χ2v) is 5.48. The van der Waals surface area contributed by atoms with E-state index in [4.69, 9.17) is 0 Å². The fourth-order valence-corrected chi connectivity index (χ4v) is 2.74. The number of rotatable bonds is 3. The lowest BCUT2D eigenvalue weighted by Crippen LogP contribution is -2.39. The van der Waals surface area contributed by atoms with Crippen LogP contribution in [0.1, 0.15) is 21.5 Å². The number of carbonyl (C=O) groups is 2. The third-order valence-corrected chi connectivity index (χ3v) is 3.87. The summed E-state index contributed by atoms with van der Waals surface area (Å²) in [5.41, 5.74) is 3.74. The van der Waals surface area contributed by atoms with Crippen LogP contribution >= 0.6 is 0 Å². The predicted molar refractivity (Wildman–Crippen MR) is 86.0 cm³/mol. The molecule has 112 valence electrons. The lowest BCUT2D eigenvalue weighted by molar-refractivity contribution is -0.117. The highest BCUT2D eigenvalue weighted by molar-refractivity contribution is 6.01. The molecule has 2 aromatic carbocycles. The van der Waals surface area contributed by atoms with Crippen LogP contribution in [0.25, 0.3) is 0 Å². The molecule has 0 fully saturated rings. The van der Waals surface area contributed by atoms with Crippen molar-refractivity contribution < 1.29 is 9.59 Å². The lowest BCUT2D eigenvalue weighted by Gasteiger charge is -2.17. The molecular formula is C18H18N2O2. The van der Waals surface area contributed by atoms with Gasteiger partial charge in [0.25, 0.3) is 5.91 Å². The van der Waals surface area contributed by atoms with Gasteiger partial charge < -0.3 is 10.2 Å². The van der Waals surface area contributed by atoms with Crippen LogP contribution in [0.3, 0.4) is 0 Å². The van der Waals surface area contributed by atoms with Crippen LogP contribution < -0.4 is 10.2 Å². The number of fused-ring (bicyclic) bond motifs is 1. The van der Waals surface area contributed by atoms with Gasteiger partial charge >= 0.3 is 0 Å². The molecule has 2 aromatic rings. The van der Waals surface area contributed by atoms with Crippen LogP contribution in [0.4, 0.5) is 5.69 Å². The Balaban J connectivity index is 1.63. The van der Waals surface area contributed by atoms with Crippen molar-refractivity contribution in [1.29, 1.82) is 0 Å². The van der Waals surface area contributed by atoms with E-state index in [0.717, 1.165) is 17.7 Å². The van der Waals surface area contributed by atoms with Gasteiger partial charge in [-0.1, -0.05) is 35.9 Å². The van der Waals surface area contributed by atoms with Crippen LogP contribution in [0.15, 0.2) is 48.5 Å². The van der Waals surface area contributed by atoms with E-state index >= 15 is 0 Å². The molecule has 0 saturated carbocycles. The molecular weight excluding hydrogens is 276 g/mol. The van der Waals surface area contributed by atoms with Gasteiger partial charge in [-0.3, -0.25) is 9.59 Å². The van der Waals surface area contributed by atoms with Gasteiger partial charge in [-0.25, -0.2) is 0 Å². The maximum atomic E-state index is 12.3. The van der Waals surface area contributed by atoms with Crippen molar-refractivity contribution in [3.05, 3.63) is 65.2 Å². The minimum absolute atomic E-state index is 0.0150. The summed E-state index contributed by atoms with van der Waals surface area (Å²) in [5, 5.41) is 2.70. The standard InChI is InChI=1S/C18H18N2O2/c1-13-5-4-7-15(11-13)18(22)19-12-17(21)20-10-9-14-6-2-3-8-16(14)20/h2-8,11H,9-10,12H2,1H3,(H,19,22). The highest BCUT2D eigenvalue weighted by atomic mass is 16.2. The zero-order valence-corrected chi connectivity index (χ0v) is 12.5. The van der Waals surface area contributed by atoms with E-state index in [2.05, 4.69) is 5.32 Å². The molecule has 1 aliphatic rings. The molecule has 22 heavy (non-hydrogen) atoms. The summed E-state index contributed by atoms with van der Waals surface area (Å²) in [6, 6.07) is 15.2. The van der Waals surface area contributed by atoms with E-state index in [0.29, 0.717) is 12.1 Å². The largest absolute Gasteiger partial charge is 0.343 e. The number of amides is 2. The molecule has 4 nitrogen and oxygen atoms in total. The van der Waals surface area contributed by atoms with Crippen molar-refractivity contribution in [2.24, 2.45) is 0 Å². The third-order valence-electron chi connectivity index (χ3n) is 3.87. The quantitative estimate of drug-likeness (QED) is 0.944. The number of nitrogens with zero attached hydrogens (tertiary/aromatic N) is 1. The smallest absolute Gasteiger partial charge is 0.251 e. The molecule has 0 unspecified atom stereocenters. The van der Waals surface area contributed by atoms with E-state index < -0.39 is 0 Å². The molecule has 1 N–H and O–H groups in total. The maximum Gasteiger partial charge on any atom is 0.251 e. The van der Waals surface area contributed by atoms with E-state index in [1.165, 1.54) is 5.56 Å². The first-order valence-electron chi connectivity index (χ1n) is 7.38. The van der Waals surface area contributed by atoms with Crippen LogP contribution in [-0.2, 0) is 11.2 Å². The maximum absolute atomic E-state index is 12.3. The van der Waals surface area contributed by atoms with Crippen LogP contribution in [-0.4, -0.2) is 24.9 Å². The molecule has 0 aliphatic carbocycles. The highest BCUT2D eigenvalue weighted by Gasteiger charge is 2.24. The monoisotopic (exact) mass is 294 g/mol. The molecule has 0 saturated heterocycles. The van der Waals surface area contributed by atoms with Crippen molar-refractivity contribution in [3.63, 3.8) is 0 Å². The molecule has 0 aromatic heterocycles. The number of carbonyl (C=O) groups excluding carboxylic acids is 2. The Bertz CT molecular complexity index is 725. The van der Waals surface area contributed by atoms with Crippen molar-refractivity contribution >= 4 is 17.5 Å². The van der Waals surface area contributed by atoms with Gasteiger partial charge in [0.05, 0.1) is 6.54 Å². The number of benzene rings is 2. The number of aryl methyl sites for hydroxylation is 1. The number of hydrogen-bond donors (Lipinski definition) is 1. The van der Waals surface area contributed by atoms with Crippen molar-refractivity contribution in [2.75, 3.05) is 18.0 Å².